The minimum atomic E-state index is -0.235. The largest absolute Gasteiger partial charge is 0.497 e. The van der Waals surface area contributed by atoms with E-state index in [0.717, 1.165) is 11.1 Å². The quantitative estimate of drug-likeness (QED) is 0.711. The highest BCUT2D eigenvalue weighted by Crippen LogP contribution is 2.20. The van der Waals surface area contributed by atoms with Crippen molar-refractivity contribution in [3.8, 4) is 11.5 Å². The molecule has 0 fully saturated rings. The lowest BCUT2D eigenvalue weighted by Gasteiger charge is -2.11. The maximum Gasteiger partial charge on any atom is 0.258 e. The number of amides is 2. The van der Waals surface area contributed by atoms with Crippen molar-refractivity contribution in [2.45, 2.75) is 13.8 Å². The number of rotatable bonds is 8. The first-order valence-electron chi connectivity index (χ1n) is 8.39. The highest BCUT2D eigenvalue weighted by molar-refractivity contribution is 5.94. The average Bonchev–Trinajstić information content (AvgIpc) is 2.66. The Bertz CT molecular complexity index is 774. The van der Waals surface area contributed by atoms with Crippen LogP contribution >= 0.6 is 0 Å². The van der Waals surface area contributed by atoms with Gasteiger partial charge in [0.15, 0.2) is 6.61 Å². The third kappa shape index (κ3) is 5.51. The fourth-order valence-corrected chi connectivity index (χ4v) is 2.32. The van der Waals surface area contributed by atoms with E-state index >= 15 is 0 Å². The molecule has 2 rings (SSSR count). The van der Waals surface area contributed by atoms with Crippen LogP contribution in [0, 0.1) is 13.8 Å². The van der Waals surface area contributed by atoms with Gasteiger partial charge in [-0.05, 0) is 49.2 Å². The summed E-state index contributed by atoms with van der Waals surface area (Å²) in [6.45, 7) is 4.54. The number of methoxy groups -OCH3 is 1. The summed E-state index contributed by atoms with van der Waals surface area (Å²) in [7, 11) is 1.55. The number of benzene rings is 2. The van der Waals surface area contributed by atoms with Gasteiger partial charge in [0.1, 0.15) is 11.5 Å². The number of ether oxygens (including phenoxy) is 2. The van der Waals surface area contributed by atoms with Crippen LogP contribution < -0.4 is 20.1 Å². The summed E-state index contributed by atoms with van der Waals surface area (Å²) in [4.78, 5) is 23.9. The summed E-state index contributed by atoms with van der Waals surface area (Å²) in [5.74, 6) is 0.868. The fourth-order valence-electron chi connectivity index (χ4n) is 2.32. The maximum atomic E-state index is 12.0. The Balaban J connectivity index is 1.69. The van der Waals surface area contributed by atoms with E-state index in [2.05, 4.69) is 10.6 Å². The standard InChI is InChI=1S/C20H24N2O4/c1-14-6-4-9-18(15(14)2)26-13-19(23)21-10-11-22-20(24)16-7-5-8-17(12-16)25-3/h4-9,12H,10-11,13H2,1-3H3,(H,21,23)(H,22,24). The van der Waals surface area contributed by atoms with Gasteiger partial charge < -0.3 is 20.1 Å². The van der Waals surface area contributed by atoms with Crippen molar-refractivity contribution in [3.63, 3.8) is 0 Å². The summed E-state index contributed by atoms with van der Waals surface area (Å²) in [5, 5.41) is 5.46. The molecule has 0 spiro atoms. The van der Waals surface area contributed by atoms with Crippen LogP contribution in [0.4, 0.5) is 0 Å². The number of hydrogen-bond donors (Lipinski definition) is 2. The number of hydrogen-bond acceptors (Lipinski definition) is 4. The van der Waals surface area contributed by atoms with Crippen molar-refractivity contribution in [1.82, 2.24) is 10.6 Å². The van der Waals surface area contributed by atoms with E-state index in [4.69, 9.17) is 9.47 Å². The maximum absolute atomic E-state index is 12.0. The number of aryl methyl sites for hydroxylation is 1. The first kappa shape index (κ1) is 19.3. The lowest BCUT2D eigenvalue weighted by atomic mass is 10.1. The number of carbonyl (C=O) groups is 2. The molecule has 0 aromatic heterocycles. The second-order valence-corrected chi connectivity index (χ2v) is 5.82. The summed E-state index contributed by atoms with van der Waals surface area (Å²) in [6, 6.07) is 12.6. The molecule has 0 atom stereocenters. The molecule has 6 nitrogen and oxygen atoms in total. The van der Waals surface area contributed by atoms with Crippen LogP contribution in [0.25, 0.3) is 0 Å². The van der Waals surface area contributed by atoms with E-state index < -0.39 is 0 Å². The molecule has 2 N–H and O–H groups in total. The molecule has 26 heavy (non-hydrogen) atoms. The number of nitrogens with one attached hydrogen (secondary N) is 2. The topological polar surface area (TPSA) is 76.7 Å². The van der Waals surface area contributed by atoms with E-state index in [1.165, 1.54) is 0 Å². The van der Waals surface area contributed by atoms with Gasteiger partial charge in [0, 0.05) is 18.7 Å². The van der Waals surface area contributed by atoms with Gasteiger partial charge in [-0.25, -0.2) is 0 Å². The van der Waals surface area contributed by atoms with Crippen molar-refractivity contribution in [3.05, 3.63) is 59.2 Å². The summed E-state index contributed by atoms with van der Waals surface area (Å²) in [6.07, 6.45) is 0. The van der Waals surface area contributed by atoms with E-state index in [1.807, 2.05) is 32.0 Å². The van der Waals surface area contributed by atoms with Gasteiger partial charge in [-0.15, -0.1) is 0 Å². The van der Waals surface area contributed by atoms with E-state index in [-0.39, 0.29) is 18.4 Å². The lowest BCUT2D eigenvalue weighted by molar-refractivity contribution is -0.123. The molecule has 6 heteroatoms. The number of carbonyl (C=O) groups excluding carboxylic acids is 2. The van der Waals surface area contributed by atoms with Gasteiger partial charge in [-0.3, -0.25) is 9.59 Å². The minimum Gasteiger partial charge on any atom is -0.497 e. The zero-order valence-electron chi connectivity index (χ0n) is 15.3. The Morgan fingerprint density at radius 3 is 2.50 bits per heavy atom. The zero-order valence-corrected chi connectivity index (χ0v) is 15.3. The first-order chi connectivity index (χ1) is 12.5. The molecule has 0 aliphatic rings. The molecule has 0 radical (unpaired) electrons. The van der Waals surface area contributed by atoms with Crippen LogP contribution in [-0.2, 0) is 4.79 Å². The smallest absolute Gasteiger partial charge is 0.258 e. The summed E-state index contributed by atoms with van der Waals surface area (Å²) in [5.41, 5.74) is 2.64. The Hall–Kier alpha value is -3.02. The lowest BCUT2D eigenvalue weighted by Crippen LogP contribution is -2.36. The molecule has 0 heterocycles. The van der Waals surface area contributed by atoms with Gasteiger partial charge in [0.05, 0.1) is 7.11 Å². The van der Waals surface area contributed by atoms with Crippen molar-refractivity contribution in [2.75, 3.05) is 26.8 Å². The average molecular weight is 356 g/mol. The molecule has 0 aliphatic heterocycles. The fraction of sp³-hybridized carbons (Fsp3) is 0.300. The van der Waals surface area contributed by atoms with Crippen molar-refractivity contribution < 1.29 is 19.1 Å². The van der Waals surface area contributed by atoms with Crippen LogP contribution in [0.3, 0.4) is 0 Å². The highest BCUT2D eigenvalue weighted by atomic mass is 16.5. The second kappa shape index (κ2) is 9.46. The van der Waals surface area contributed by atoms with Crippen LogP contribution in [-0.4, -0.2) is 38.6 Å². The van der Waals surface area contributed by atoms with Crippen LogP contribution in [0.1, 0.15) is 21.5 Å². The van der Waals surface area contributed by atoms with Gasteiger partial charge in [-0.1, -0.05) is 18.2 Å². The molecule has 0 aliphatic carbocycles. The molecule has 2 amide bonds. The van der Waals surface area contributed by atoms with E-state index in [0.29, 0.717) is 30.2 Å². The third-order valence-electron chi connectivity index (χ3n) is 3.98. The Morgan fingerprint density at radius 2 is 1.73 bits per heavy atom. The van der Waals surface area contributed by atoms with E-state index in [1.54, 1.807) is 31.4 Å². The minimum absolute atomic E-state index is 0.0614. The Labute approximate surface area is 153 Å². The first-order valence-corrected chi connectivity index (χ1v) is 8.39. The van der Waals surface area contributed by atoms with Crippen molar-refractivity contribution in [2.24, 2.45) is 0 Å². The second-order valence-electron chi connectivity index (χ2n) is 5.82. The van der Waals surface area contributed by atoms with Crippen LogP contribution in [0.2, 0.25) is 0 Å². The summed E-state index contributed by atoms with van der Waals surface area (Å²) < 4.78 is 10.6. The van der Waals surface area contributed by atoms with Crippen LogP contribution in [0.15, 0.2) is 42.5 Å². The Kier molecular flexibility index (Phi) is 7.02. The van der Waals surface area contributed by atoms with Crippen molar-refractivity contribution >= 4 is 11.8 Å². The SMILES string of the molecule is COc1cccc(C(=O)NCCNC(=O)COc2cccc(C)c2C)c1. The predicted molar refractivity (Wildman–Crippen MR) is 99.7 cm³/mol. The van der Waals surface area contributed by atoms with Crippen molar-refractivity contribution in [1.29, 1.82) is 0 Å². The molecule has 138 valence electrons. The molecule has 2 aromatic rings. The molecular formula is C20H24N2O4. The predicted octanol–water partition coefficient (Wildman–Crippen LogP) is 2.24. The third-order valence-corrected chi connectivity index (χ3v) is 3.98. The molecule has 0 bridgehead atoms. The van der Waals surface area contributed by atoms with Gasteiger partial charge in [0.25, 0.3) is 11.8 Å². The van der Waals surface area contributed by atoms with E-state index in [9.17, 15) is 9.59 Å². The zero-order chi connectivity index (χ0) is 18.9. The molecule has 2 aromatic carbocycles. The van der Waals surface area contributed by atoms with Gasteiger partial charge in [-0.2, -0.15) is 0 Å². The Morgan fingerprint density at radius 1 is 1.00 bits per heavy atom. The molecule has 0 saturated carbocycles. The van der Waals surface area contributed by atoms with Gasteiger partial charge in [0.2, 0.25) is 0 Å². The van der Waals surface area contributed by atoms with Crippen LogP contribution in [0.5, 0.6) is 11.5 Å². The van der Waals surface area contributed by atoms with Gasteiger partial charge >= 0.3 is 0 Å². The normalized spacial score (nSPS) is 10.1. The molecule has 0 unspecified atom stereocenters. The monoisotopic (exact) mass is 356 g/mol. The molecular weight excluding hydrogens is 332 g/mol. The summed E-state index contributed by atoms with van der Waals surface area (Å²) >= 11 is 0. The molecule has 0 saturated heterocycles. The highest BCUT2D eigenvalue weighted by Gasteiger charge is 2.08.